The third kappa shape index (κ3) is 0.845. The summed E-state index contributed by atoms with van der Waals surface area (Å²) in [5, 5.41) is 0. The maximum absolute atomic E-state index is 2.30. The van der Waals surface area contributed by atoms with Crippen molar-refractivity contribution >= 4 is 0 Å². The molecule has 1 aliphatic heterocycles. The van der Waals surface area contributed by atoms with E-state index in [0.717, 1.165) is 0 Å². The molecule has 1 heterocycles. The summed E-state index contributed by atoms with van der Waals surface area (Å²) < 4.78 is 0. The van der Waals surface area contributed by atoms with E-state index in [-0.39, 0.29) is 0 Å². The van der Waals surface area contributed by atoms with Crippen LogP contribution in [0.3, 0.4) is 0 Å². The molecule has 0 N–H and O–H groups in total. The summed E-state index contributed by atoms with van der Waals surface area (Å²) in [6.07, 6.45) is 2.24. The Bertz CT molecular complexity index is 168. The Kier molecular flexibility index (Phi) is 1.54. The Morgan fingerprint density at radius 1 is 1.50 bits per heavy atom. The molecule has 0 spiro atoms. The minimum atomic E-state index is 0.323. The van der Waals surface area contributed by atoms with Crippen LogP contribution in [-0.4, -0.2) is 17.5 Å². The van der Waals surface area contributed by atoms with Gasteiger partial charge in [-0.3, -0.25) is 0 Å². The summed E-state index contributed by atoms with van der Waals surface area (Å²) in [6.45, 7) is 9.06. The second kappa shape index (κ2) is 2.01. The highest BCUT2D eigenvalue weighted by atomic mass is 15.2. The Hall–Kier alpha value is -0.460. The summed E-state index contributed by atoms with van der Waals surface area (Å²) in [5.74, 6) is 0.692. The molecule has 1 rings (SSSR count). The van der Waals surface area contributed by atoms with Crippen LogP contribution >= 0.6 is 0 Å². The fourth-order valence-corrected chi connectivity index (χ4v) is 1.45. The van der Waals surface area contributed by atoms with Gasteiger partial charge in [0.1, 0.15) is 0 Å². The van der Waals surface area contributed by atoms with Crippen molar-refractivity contribution in [3.05, 3.63) is 11.8 Å². The SMILES string of the molecule is CC1=CN(C)C(C)(C)C1C. The number of hydrogen-bond donors (Lipinski definition) is 0. The molecule has 0 fully saturated rings. The van der Waals surface area contributed by atoms with Crippen molar-refractivity contribution in [3.8, 4) is 0 Å². The standard InChI is InChI=1S/C9H17N/c1-7-6-10(5)9(3,4)8(7)2/h6,8H,1-5H3. The monoisotopic (exact) mass is 139 g/mol. The van der Waals surface area contributed by atoms with Crippen molar-refractivity contribution in [3.63, 3.8) is 0 Å². The highest BCUT2D eigenvalue weighted by Gasteiger charge is 2.34. The lowest BCUT2D eigenvalue weighted by Crippen LogP contribution is -2.38. The third-order valence-electron chi connectivity index (χ3n) is 3.05. The number of rotatable bonds is 0. The minimum Gasteiger partial charge on any atom is -0.375 e. The summed E-state index contributed by atoms with van der Waals surface area (Å²) in [6, 6.07) is 0. The van der Waals surface area contributed by atoms with Crippen LogP contribution in [0.2, 0.25) is 0 Å². The van der Waals surface area contributed by atoms with Gasteiger partial charge in [0, 0.05) is 18.5 Å². The molecule has 0 amide bonds. The van der Waals surface area contributed by atoms with Crippen molar-refractivity contribution in [2.24, 2.45) is 5.92 Å². The predicted octanol–water partition coefficient (Wildman–Crippen LogP) is 2.25. The molecule has 0 aromatic carbocycles. The lowest BCUT2D eigenvalue weighted by atomic mass is 9.87. The molecule has 1 nitrogen and oxygen atoms in total. The highest BCUT2D eigenvalue weighted by Crippen LogP contribution is 2.35. The summed E-state index contributed by atoms with van der Waals surface area (Å²) in [7, 11) is 2.15. The first-order valence-corrected chi connectivity index (χ1v) is 3.87. The molecule has 0 saturated carbocycles. The molecule has 1 unspecified atom stereocenters. The first-order chi connectivity index (χ1) is 4.46. The lowest BCUT2D eigenvalue weighted by molar-refractivity contribution is 0.201. The Morgan fingerprint density at radius 3 is 2.10 bits per heavy atom. The van der Waals surface area contributed by atoms with E-state index in [1.54, 1.807) is 0 Å². The van der Waals surface area contributed by atoms with Crippen LogP contribution in [0.25, 0.3) is 0 Å². The Labute approximate surface area is 63.7 Å². The molecule has 1 atom stereocenters. The molecule has 0 bridgehead atoms. The second-order valence-corrected chi connectivity index (χ2v) is 3.86. The first kappa shape index (κ1) is 7.64. The molecule has 0 aromatic heterocycles. The van der Waals surface area contributed by atoms with E-state index in [2.05, 4.69) is 45.8 Å². The lowest BCUT2D eigenvalue weighted by Gasteiger charge is -2.33. The van der Waals surface area contributed by atoms with Crippen molar-refractivity contribution < 1.29 is 0 Å². The molecule has 0 radical (unpaired) electrons. The molecule has 1 aliphatic rings. The largest absolute Gasteiger partial charge is 0.375 e. The van der Waals surface area contributed by atoms with Gasteiger partial charge in [-0.05, 0) is 27.0 Å². The van der Waals surface area contributed by atoms with E-state index in [1.165, 1.54) is 5.57 Å². The molecule has 10 heavy (non-hydrogen) atoms. The number of nitrogens with zero attached hydrogens (tertiary/aromatic N) is 1. The molecule has 0 aromatic rings. The second-order valence-electron chi connectivity index (χ2n) is 3.86. The average molecular weight is 139 g/mol. The van der Waals surface area contributed by atoms with E-state index in [1.807, 2.05) is 0 Å². The van der Waals surface area contributed by atoms with Crippen molar-refractivity contribution in [1.29, 1.82) is 0 Å². The van der Waals surface area contributed by atoms with Crippen molar-refractivity contribution in [2.75, 3.05) is 7.05 Å². The zero-order chi connectivity index (χ0) is 7.94. The summed E-state index contributed by atoms with van der Waals surface area (Å²) >= 11 is 0. The molecule has 0 aliphatic carbocycles. The van der Waals surface area contributed by atoms with Gasteiger partial charge in [-0.15, -0.1) is 0 Å². The summed E-state index contributed by atoms with van der Waals surface area (Å²) in [4.78, 5) is 2.30. The predicted molar refractivity (Wildman–Crippen MR) is 44.8 cm³/mol. The average Bonchev–Trinajstić information content (AvgIpc) is 1.97. The van der Waals surface area contributed by atoms with Crippen LogP contribution in [0.4, 0.5) is 0 Å². The van der Waals surface area contributed by atoms with Gasteiger partial charge in [0.05, 0.1) is 0 Å². The van der Waals surface area contributed by atoms with Gasteiger partial charge in [0.2, 0.25) is 0 Å². The zero-order valence-electron chi connectivity index (χ0n) is 7.60. The summed E-state index contributed by atoms with van der Waals surface area (Å²) in [5.41, 5.74) is 1.82. The highest BCUT2D eigenvalue weighted by molar-refractivity contribution is 5.16. The zero-order valence-corrected chi connectivity index (χ0v) is 7.60. The smallest absolute Gasteiger partial charge is 0.0400 e. The van der Waals surface area contributed by atoms with E-state index in [9.17, 15) is 0 Å². The van der Waals surface area contributed by atoms with Crippen LogP contribution < -0.4 is 0 Å². The number of hydrogen-bond acceptors (Lipinski definition) is 1. The molecule has 1 heteroatoms. The van der Waals surface area contributed by atoms with Crippen LogP contribution in [0.5, 0.6) is 0 Å². The first-order valence-electron chi connectivity index (χ1n) is 3.87. The fraction of sp³-hybridized carbons (Fsp3) is 0.778. The molecular formula is C9H17N. The van der Waals surface area contributed by atoms with Crippen molar-refractivity contribution in [1.82, 2.24) is 4.90 Å². The van der Waals surface area contributed by atoms with Gasteiger partial charge in [0.25, 0.3) is 0 Å². The maximum Gasteiger partial charge on any atom is 0.0400 e. The van der Waals surface area contributed by atoms with E-state index in [0.29, 0.717) is 11.5 Å². The van der Waals surface area contributed by atoms with Crippen LogP contribution in [0.1, 0.15) is 27.7 Å². The fourth-order valence-electron chi connectivity index (χ4n) is 1.45. The van der Waals surface area contributed by atoms with Crippen molar-refractivity contribution in [2.45, 2.75) is 33.2 Å². The van der Waals surface area contributed by atoms with Crippen LogP contribution in [0, 0.1) is 5.92 Å². The third-order valence-corrected chi connectivity index (χ3v) is 3.05. The van der Waals surface area contributed by atoms with Gasteiger partial charge in [0.15, 0.2) is 0 Å². The van der Waals surface area contributed by atoms with Gasteiger partial charge in [-0.2, -0.15) is 0 Å². The van der Waals surface area contributed by atoms with E-state index < -0.39 is 0 Å². The van der Waals surface area contributed by atoms with Gasteiger partial charge in [-0.25, -0.2) is 0 Å². The Balaban J connectivity index is 2.87. The molecule has 0 saturated heterocycles. The molecule has 58 valence electrons. The van der Waals surface area contributed by atoms with Crippen LogP contribution in [-0.2, 0) is 0 Å². The van der Waals surface area contributed by atoms with Gasteiger partial charge < -0.3 is 4.90 Å². The van der Waals surface area contributed by atoms with E-state index in [4.69, 9.17) is 0 Å². The quantitative estimate of drug-likeness (QED) is 0.497. The Morgan fingerprint density at radius 2 is 2.00 bits per heavy atom. The topological polar surface area (TPSA) is 3.24 Å². The van der Waals surface area contributed by atoms with Gasteiger partial charge >= 0.3 is 0 Å². The maximum atomic E-state index is 2.30. The van der Waals surface area contributed by atoms with E-state index >= 15 is 0 Å². The normalized spacial score (nSPS) is 30.7. The minimum absolute atomic E-state index is 0.323. The molecular weight excluding hydrogens is 122 g/mol. The van der Waals surface area contributed by atoms with Crippen LogP contribution in [0.15, 0.2) is 11.8 Å². The van der Waals surface area contributed by atoms with Gasteiger partial charge in [-0.1, -0.05) is 12.5 Å².